The Hall–Kier alpha value is -1.29. The van der Waals surface area contributed by atoms with E-state index in [1.54, 1.807) is 0 Å². The van der Waals surface area contributed by atoms with Crippen molar-refractivity contribution in [3.8, 4) is 0 Å². The average molecular weight is 322 g/mol. The van der Waals surface area contributed by atoms with Crippen LogP contribution in [-0.2, 0) is 19.5 Å². The van der Waals surface area contributed by atoms with E-state index in [0.29, 0.717) is 0 Å². The van der Waals surface area contributed by atoms with Crippen molar-refractivity contribution in [3.05, 3.63) is 46.5 Å². The molecule has 0 saturated carbocycles. The molecule has 1 aromatic heterocycles. The molecule has 0 aliphatic carbocycles. The van der Waals surface area contributed by atoms with Crippen LogP contribution < -0.4 is 5.32 Å². The van der Waals surface area contributed by atoms with Gasteiger partial charge in [-0.2, -0.15) is 0 Å². The topological polar surface area (TPSA) is 29.9 Å². The van der Waals surface area contributed by atoms with Gasteiger partial charge < -0.3 is 9.88 Å². The summed E-state index contributed by atoms with van der Waals surface area (Å²) in [5.41, 5.74) is 3.76. The van der Waals surface area contributed by atoms with Crippen molar-refractivity contribution in [1.82, 2.24) is 9.55 Å². The van der Waals surface area contributed by atoms with Gasteiger partial charge in [0.2, 0.25) is 0 Å². The quantitative estimate of drug-likeness (QED) is 0.862. The first-order chi connectivity index (χ1) is 9.24. The summed E-state index contributed by atoms with van der Waals surface area (Å²) in [6.45, 7) is 6.20. The predicted molar refractivity (Wildman–Crippen MR) is 83.4 cm³/mol. The minimum atomic E-state index is 0.814. The Balaban J connectivity index is 2.07. The number of benzene rings is 1. The summed E-state index contributed by atoms with van der Waals surface area (Å²) in [5.74, 6) is 0. The van der Waals surface area contributed by atoms with E-state index >= 15 is 0 Å². The third kappa shape index (κ3) is 3.60. The Morgan fingerprint density at radius 1 is 1.32 bits per heavy atom. The molecule has 0 fully saturated rings. The van der Waals surface area contributed by atoms with Crippen LogP contribution in [0.3, 0.4) is 0 Å². The lowest BCUT2D eigenvalue weighted by molar-refractivity contribution is 0.651. The molecule has 0 radical (unpaired) electrons. The maximum absolute atomic E-state index is 4.23. The van der Waals surface area contributed by atoms with Gasteiger partial charge in [-0.3, -0.25) is 0 Å². The zero-order chi connectivity index (χ0) is 13.7. The van der Waals surface area contributed by atoms with Crippen molar-refractivity contribution < 1.29 is 0 Å². The van der Waals surface area contributed by atoms with Crippen LogP contribution in [0.5, 0.6) is 0 Å². The van der Waals surface area contributed by atoms with Gasteiger partial charge >= 0.3 is 0 Å². The molecule has 1 aromatic carbocycles. The molecule has 102 valence electrons. The van der Waals surface area contributed by atoms with Crippen LogP contribution in [0.25, 0.3) is 0 Å². The number of halogens is 1. The lowest BCUT2D eigenvalue weighted by atomic mass is 10.1. The van der Waals surface area contributed by atoms with Gasteiger partial charge in [-0.25, -0.2) is 4.98 Å². The highest BCUT2D eigenvalue weighted by Gasteiger charge is 2.04. The van der Waals surface area contributed by atoms with E-state index in [-0.39, 0.29) is 0 Å². The number of imidazole rings is 1. The molecule has 0 aliphatic rings. The molecule has 1 heterocycles. The number of rotatable bonds is 6. The molecule has 0 spiro atoms. The number of anilines is 1. The maximum atomic E-state index is 4.23. The molecular formula is C15H20BrN3. The minimum absolute atomic E-state index is 0.814. The zero-order valence-electron chi connectivity index (χ0n) is 11.5. The second kappa shape index (κ2) is 6.75. The molecule has 4 heteroatoms. The average Bonchev–Trinajstić information content (AvgIpc) is 2.85. The molecule has 3 nitrogen and oxygen atoms in total. The van der Waals surface area contributed by atoms with E-state index in [1.165, 1.54) is 16.9 Å². The largest absolute Gasteiger partial charge is 0.379 e. The SMILES string of the molecule is CCCn1cncc1CNc1ccc(Br)cc1CC. The summed E-state index contributed by atoms with van der Waals surface area (Å²) < 4.78 is 3.34. The van der Waals surface area contributed by atoms with E-state index in [1.807, 2.05) is 12.5 Å². The van der Waals surface area contributed by atoms with Crippen molar-refractivity contribution in [1.29, 1.82) is 0 Å². The number of nitrogens with zero attached hydrogens (tertiary/aromatic N) is 2. The van der Waals surface area contributed by atoms with Crippen molar-refractivity contribution in [2.24, 2.45) is 0 Å². The number of aromatic nitrogens is 2. The summed E-state index contributed by atoms with van der Waals surface area (Å²) in [6, 6.07) is 6.37. The lowest BCUT2D eigenvalue weighted by Crippen LogP contribution is -2.08. The second-order valence-corrected chi connectivity index (χ2v) is 5.50. The minimum Gasteiger partial charge on any atom is -0.379 e. The first kappa shape index (κ1) is 14.1. The van der Waals surface area contributed by atoms with Crippen LogP contribution in [0.2, 0.25) is 0 Å². The molecule has 0 unspecified atom stereocenters. The molecule has 0 bridgehead atoms. The molecule has 0 aliphatic heterocycles. The highest BCUT2D eigenvalue weighted by molar-refractivity contribution is 9.10. The van der Waals surface area contributed by atoms with Crippen LogP contribution in [-0.4, -0.2) is 9.55 Å². The summed E-state index contributed by atoms with van der Waals surface area (Å²) in [4.78, 5) is 4.23. The van der Waals surface area contributed by atoms with Gasteiger partial charge in [0, 0.05) is 22.9 Å². The molecule has 2 aromatic rings. The van der Waals surface area contributed by atoms with E-state index in [2.05, 4.69) is 62.8 Å². The van der Waals surface area contributed by atoms with Gasteiger partial charge in [-0.15, -0.1) is 0 Å². The second-order valence-electron chi connectivity index (χ2n) is 4.59. The molecule has 2 rings (SSSR count). The van der Waals surface area contributed by atoms with Gasteiger partial charge in [0.25, 0.3) is 0 Å². The van der Waals surface area contributed by atoms with Gasteiger partial charge in [0.05, 0.1) is 18.6 Å². The van der Waals surface area contributed by atoms with Crippen molar-refractivity contribution in [2.75, 3.05) is 5.32 Å². The maximum Gasteiger partial charge on any atom is 0.0948 e. The number of aryl methyl sites for hydroxylation is 2. The summed E-state index contributed by atoms with van der Waals surface area (Å²) in [5, 5.41) is 3.51. The number of hydrogen-bond donors (Lipinski definition) is 1. The van der Waals surface area contributed by atoms with Crippen molar-refractivity contribution in [2.45, 2.75) is 39.8 Å². The highest BCUT2D eigenvalue weighted by Crippen LogP contribution is 2.22. The van der Waals surface area contributed by atoms with Gasteiger partial charge in [0.1, 0.15) is 0 Å². The van der Waals surface area contributed by atoms with Crippen LogP contribution in [0.1, 0.15) is 31.5 Å². The van der Waals surface area contributed by atoms with Crippen LogP contribution in [0, 0.1) is 0 Å². The molecule has 1 N–H and O–H groups in total. The highest BCUT2D eigenvalue weighted by atomic mass is 79.9. The fourth-order valence-electron chi connectivity index (χ4n) is 2.15. The Kier molecular flexibility index (Phi) is 5.02. The zero-order valence-corrected chi connectivity index (χ0v) is 13.1. The summed E-state index contributed by atoms with van der Waals surface area (Å²) >= 11 is 3.52. The summed E-state index contributed by atoms with van der Waals surface area (Å²) in [6.07, 6.45) is 5.99. The van der Waals surface area contributed by atoms with E-state index in [4.69, 9.17) is 0 Å². The Bertz CT molecular complexity index is 534. The first-order valence-electron chi connectivity index (χ1n) is 6.75. The monoisotopic (exact) mass is 321 g/mol. The van der Waals surface area contributed by atoms with E-state index in [0.717, 1.165) is 30.4 Å². The standard InChI is InChI=1S/C15H20BrN3/c1-3-7-19-11-17-9-14(19)10-18-15-6-5-13(16)8-12(15)4-2/h5-6,8-9,11,18H,3-4,7,10H2,1-2H3. The molecule has 0 atom stereocenters. The fraction of sp³-hybridized carbons (Fsp3) is 0.400. The van der Waals surface area contributed by atoms with Crippen molar-refractivity contribution in [3.63, 3.8) is 0 Å². The predicted octanol–water partition coefficient (Wildman–Crippen LogP) is 4.23. The molecular weight excluding hydrogens is 302 g/mol. The number of nitrogens with one attached hydrogen (secondary N) is 1. The number of hydrogen-bond acceptors (Lipinski definition) is 2. The van der Waals surface area contributed by atoms with Gasteiger partial charge in [-0.1, -0.05) is 29.8 Å². The smallest absolute Gasteiger partial charge is 0.0948 e. The van der Waals surface area contributed by atoms with E-state index < -0.39 is 0 Å². The Labute approximate surface area is 123 Å². The van der Waals surface area contributed by atoms with Crippen LogP contribution in [0.15, 0.2) is 35.2 Å². The Morgan fingerprint density at radius 3 is 2.89 bits per heavy atom. The third-order valence-corrected chi connectivity index (χ3v) is 3.66. The van der Waals surface area contributed by atoms with Crippen LogP contribution >= 0.6 is 15.9 Å². The first-order valence-corrected chi connectivity index (χ1v) is 7.55. The normalized spacial score (nSPS) is 10.7. The van der Waals surface area contributed by atoms with Crippen molar-refractivity contribution >= 4 is 21.6 Å². The summed E-state index contributed by atoms with van der Waals surface area (Å²) in [7, 11) is 0. The van der Waals surface area contributed by atoms with Gasteiger partial charge in [0.15, 0.2) is 0 Å². The lowest BCUT2D eigenvalue weighted by Gasteiger charge is -2.12. The van der Waals surface area contributed by atoms with E-state index in [9.17, 15) is 0 Å². The molecule has 19 heavy (non-hydrogen) atoms. The third-order valence-electron chi connectivity index (χ3n) is 3.17. The molecule has 0 saturated heterocycles. The fourth-order valence-corrected chi connectivity index (χ4v) is 2.56. The Morgan fingerprint density at radius 2 is 2.16 bits per heavy atom. The van der Waals surface area contributed by atoms with Gasteiger partial charge in [-0.05, 0) is 36.6 Å². The molecule has 0 amide bonds. The van der Waals surface area contributed by atoms with Crippen LogP contribution in [0.4, 0.5) is 5.69 Å².